The molecule has 0 saturated carbocycles. The Morgan fingerprint density at radius 3 is 2.05 bits per heavy atom. The molecule has 0 heterocycles. The molecule has 3 unspecified atom stereocenters. The molecule has 3 amide bonds. The summed E-state index contributed by atoms with van der Waals surface area (Å²) >= 11 is 0. The molecule has 3 atom stereocenters. The molecule has 38 heavy (non-hydrogen) atoms. The molecule has 0 fully saturated rings. The first kappa shape index (κ1) is 30.9. The van der Waals surface area contributed by atoms with Crippen molar-refractivity contribution in [2.75, 3.05) is 6.54 Å². The van der Waals surface area contributed by atoms with E-state index in [2.05, 4.69) is 24.5 Å². The van der Waals surface area contributed by atoms with Gasteiger partial charge in [0.05, 0.1) is 0 Å². The Kier molecular flexibility index (Phi) is 11.8. The average molecular weight is 524 g/mol. The Morgan fingerprint density at radius 1 is 0.895 bits per heavy atom. The number of hydrogen-bond donors (Lipinski definition) is 2. The van der Waals surface area contributed by atoms with E-state index in [1.54, 1.807) is 25.7 Å². The van der Waals surface area contributed by atoms with Crippen molar-refractivity contribution in [3.05, 3.63) is 71.3 Å². The quantitative estimate of drug-likeness (QED) is 0.380. The van der Waals surface area contributed by atoms with Crippen molar-refractivity contribution >= 4 is 17.9 Å². The van der Waals surface area contributed by atoms with Gasteiger partial charge in [0.2, 0.25) is 11.8 Å². The van der Waals surface area contributed by atoms with Gasteiger partial charge in [0.1, 0.15) is 17.7 Å². The van der Waals surface area contributed by atoms with Crippen molar-refractivity contribution in [1.29, 1.82) is 0 Å². The third-order valence-electron chi connectivity index (χ3n) is 6.27. The van der Waals surface area contributed by atoms with Crippen LogP contribution in [0.2, 0.25) is 0 Å². The number of hydrogen-bond acceptors (Lipinski definition) is 4. The minimum absolute atomic E-state index is 0.0290. The summed E-state index contributed by atoms with van der Waals surface area (Å²) in [7, 11) is 0. The third-order valence-corrected chi connectivity index (χ3v) is 6.27. The van der Waals surface area contributed by atoms with Crippen molar-refractivity contribution in [2.24, 2.45) is 0 Å². The van der Waals surface area contributed by atoms with Gasteiger partial charge in [0.25, 0.3) is 0 Å². The lowest BCUT2D eigenvalue weighted by Crippen LogP contribution is -2.54. The summed E-state index contributed by atoms with van der Waals surface area (Å²) in [4.78, 5) is 42.1. The summed E-state index contributed by atoms with van der Waals surface area (Å²) < 4.78 is 5.47. The van der Waals surface area contributed by atoms with Crippen LogP contribution in [-0.4, -0.2) is 47.0 Å². The Bertz CT molecular complexity index is 1030. The smallest absolute Gasteiger partial charge is 0.408 e. The molecule has 0 aliphatic heterocycles. The second-order valence-electron chi connectivity index (χ2n) is 10.7. The number of aryl methyl sites for hydroxylation is 1. The number of ether oxygens (including phenoxy) is 1. The highest BCUT2D eigenvalue weighted by Gasteiger charge is 2.36. The number of rotatable bonds is 12. The maximum atomic E-state index is 14.1. The van der Waals surface area contributed by atoms with Gasteiger partial charge >= 0.3 is 6.09 Å². The minimum atomic E-state index is -0.912. The van der Waals surface area contributed by atoms with Crippen molar-refractivity contribution in [2.45, 2.75) is 97.9 Å². The van der Waals surface area contributed by atoms with Crippen LogP contribution in [0.5, 0.6) is 0 Å². The zero-order valence-corrected chi connectivity index (χ0v) is 24.0. The normalized spacial score (nSPS) is 13.7. The van der Waals surface area contributed by atoms with Crippen molar-refractivity contribution in [1.82, 2.24) is 15.5 Å². The van der Waals surface area contributed by atoms with E-state index in [9.17, 15) is 14.4 Å². The SMILES string of the molecule is CCCC(C)NC(=O)C(c1ccc(CC)cc1)N(CC)C(=O)C(Cc1ccccc1)NC(=O)OC(C)(C)C. The Balaban J connectivity index is 2.46. The molecule has 7 nitrogen and oxygen atoms in total. The zero-order chi connectivity index (χ0) is 28.3. The predicted molar refractivity (Wildman–Crippen MR) is 152 cm³/mol. The molecular weight excluding hydrogens is 478 g/mol. The van der Waals surface area contributed by atoms with E-state index < -0.39 is 23.8 Å². The average Bonchev–Trinajstić information content (AvgIpc) is 2.86. The van der Waals surface area contributed by atoms with Gasteiger partial charge in [0, 0.05) is 19.0 Å². The van der Waals surface area contributed by atoms with Crippen LogP contribution in [0.25, 0.3) is 0 Å². The summed E-state index contributed by atoms with van der Waals surface area (Å²) in [6.07, 6.45) is 2.24. The zero-order valence-electron chi connectivity index (χ0n) is 24.0. The number of carbonyl (C=O) groups is 3. The third kappa shape index (κ3) is 9.51. The van der Waals surface area contributed by atoms with Crippen molar-refractivity contribution in [3.63, 3.8) is 0 Å². The number of carbonyl (C=O) groups excluding carboxylic acids is 3. The summed E-state index contributed by atoms with van der Waals surface area (Å²) in [5.74, 6) is -0.578. The number of likely N-dealkylation sites (N-methyl/N-ethyl adjacent to an activating group) is 1. The molecule has 208 valence electrons. The number of amides is 3. The summed E-state index contributed by atoms with van der Waals surface area (Å²) in [5, 5.41) is 5.87. The van der Waals surface area contributed by atoms with E-state index in [0.29, 0.717) is 0 Å². The van der Waals surface area contributed by atoms with Crippen LogP contribution in [0, 0.1) is 0 Å². The van der Waals surface area contributed by atoms with Crippen LogP contribution in [0.4, 0.5) is 4.79 Å². The number of nitrogens with zero attached hydrogens (tertiary/aromatic N) is 1. The van der Waals surface area contributed by atoms with E-state index in [1.807, 2.05) is 68.4 Å². The maximum absolute atomic E-state index is 14.1. The largest absolute Gasteiger partial charge is 0.444 e. The monoisotopic (exact) mass is 523 g/mol. The molecule has 7 heteroatoms. The van der Waals surface area contributed by atoms with Crippen LogP contribution in [-0.2, 0) is 27.2 Å². The molecule has 0 radical (unpaired) electrons. The minimum Gasteiger partial charge on any atom is -0.444 e. The van der Waals surface area contributed by atoms with Crippen LogP contribution < -0.4 is 10.6 Å². The molecule has 2 N–H and O–H groups in total. The fourth-order valence-electron chi connectivity index (χ4n) is 4.40. The lowest BCUT2D eigenvalue weighted by atomic mass is 9.98. The molecule has 2 aromatic rings. The van der Waals surface area contributed by atoms with Gasteiger partial charge in [-0.3, -0.25) is 9.59 Å². The van der Waals surface area contributed by atoms with Gasteiger partial charge in [-0.25, -0.2) is 4.79 Å². The number of benzene rings is 2. The van der Waals surface area contributed by atoms with E-state index in [4.69, 9.17) is 4.74 Å². The van der Waals surface area contributed by atoms with E-state index in [0.717, 1.165) is 36.0 Å². The van der Waals surface area contributed by atoms with Crippen molar-refractivity contribution in [3.8, 4) is 0 Å². The highest BCUT2D eigenvalue weighted by molar-refractivity contribution is 5.92. The molecule has 0 aliphatic carbocycles. The fraction of sp³-hybridized carbons (Fsp3) is 0.516. The summed E-state index contributed by atoms with van der Waals surface area (Å²) in [5.41, 5.74) is 2.06. The topological polar surface area (TPSA) is 87.7 Å². The van der Waals surface area contributed by atoms with Gasteiger partial charge in [-0.2, -0.15) is 0 Å². The highest BCUT2D eigenvalue weighted by Crippen LogP contribution is 2.24. The fourth-order valence-corrected chi connectivity index (χ4v) is 4.40. The van der Waals surface area contributed by atoms with Crippen LogP contribution in [0.1, 0.15) is 84.0 Å². The standard InChI is InChI=1S/C31H45N3O4/c1-8-14-22(4)32-28(35)27(25-19-17-23(9-2)18-20-25)34(10-3)29(36)26(21-24-15-12-11-13-16-24)33-30(37)38-31(5,6)7/h11-13,15-20,22,26-27H,8-10,14,21H2,1-7H3,(H,32,35)(H,33,37). The highest BCUT2D eigenvalue weighted by atomic mass is 16.6. The predicted octanol–water partition coefficient (Wildman–Crippen LogP) is 5.58. The lowest BCUT2D eigenvalue weighted by Gasteiger charge is -2.34. The Morgan fingerprint density at radius 2 is 1.53 bits per heavy atom. The van der Waals surface area contributed by atoms with Gasteiger partial charge in [0.15, 0.2) is 0 Å². The van der Waals surface area contributed by atoms with Gasteiger partial charge in [-0.15, -0.1) is 0 Å². The van der Waals surface area contributed by atoms with E-state index in [-0.39, 0.29) is 30.8 Å². The van der Waals surface area contributed by atoms with E-state index >= 15 is 0 Å². The van der Waals surface area contributed by atoms with Gasteiger partial charge in [-0.05, 0) is 64.2 Å². The van der Waals surface area contributed by atoms with E-state index in [1.165, 1.54) is 0 Å². The second-order valence-corrected chi connectivity index (χ2v) is 10.7. The first-order chi connectivity index (χ1) is 18.0. The maximum Gasteiger partial charge on any atom is 0.408 e. The molecule has 0 aromatic heterocycles. The number of nitrogens with one attached hydrogen (secondary N) is 2. The first-order valence-corrected chi connectivity index (χ1v) is 13.7. The summed E-state index contributed by atoms with van der Waals surface area (Å²) in [6, 6.07) is 15.5. The molecule has 0 saturated heterocycles. The van der Waals surface area contributed by atoms with Crippen molar-refractivity contribution < 1.29 is 19.1 Å². The van der Waals surface area contributed by atoms with Crippen LogP contribution in [0.3, 0.4) is 0 Å². The molecule has 0 bridgehead atoms. The molecule has 2 aromatic carbocycles. The Hall–Kier alpha value is -3.35. The van der Waals surface area contributed by atoms with Gasteiger partial charge in [-0.1, -0.05) is 74.9 Å². The lowest BCUT2D eigenvalue weighted by molar-refractivity contribution is -0.142. The summed E-state index contributed by atoms with van der Waals surface area (Å²) in [6.45, 7) is 13.6. The number of alkyl carbamates (subject to hydrolysis) is 1. The Labute approximate surface area is 228 Å². The van der Waals surface area contributed by atoms with Crippen LogP contribution >= 0.6 is 0 Å². The second kappa shape index (κ2) is 14.6. The molecule has 2 rings (SSSR count). The van der Waals surface area contributed by atoms with Gasteiger partial charge < -0.3 is 20.3 Å². The molecular formula is C31H45N3O4. The first-order valence-electron chi connectivity index (χ1n) is 13.7. The molecule has 0 aliphatic rings. The molecule has 0 spiro atoms. The van der Waals surface area contributed by atoms with Crippen LogP contribution in [0.15, 0.2) is 54.6 Å².